The van der Waals surface area contributed by atoms with E-state index in [0.717, 1.165) is 18.0 Å². The Morgan fingerprint density at radius 3 is 2.82 bits per heavy atom. The molecule has 2 aliphatic carbocycles. The Hall–Kier alpha value is -1.09. The van der Waals surface area contributed by atoms with Gasteiger partial charge in [-0.05, 0) is 43.4 Å². The highest BCUT2D eigenvalue weighted by Gasteiger charge is 2.35. The van der Waals surface area contributed by atoms with Gasteiger partial charge in [-0.25, -0.2) is 9.40 Å². The van der Waals surface area contributed by atoms with Crippen LogP contribution in [-0.2, 0) is 0 Å². The number of nitrogens with zero attached hydrogens (tertiary/aromatic N) is 2. The van der Waals surface area contributed by atoms with E-state index in [1.807, 2.05) is 6.08 Å². The van der Waals surface area contributed by atoms with Crippen molar-refractivity contribution in [1.82, 2.24) is 10.0 Å². The third kappa shape index (κ3) is 1.73. The fourth-order valence-electron chi connectivity index (χ4n) is 2.93. The fraction of sp³-hybridized carbons (Fsp3) is 0.571. The van der Waals surface area contributed by atoms with Crippen molar-refractivity contribution in [2.45, 2.75) is 32.2 Å². The molecule has 92 valence electrons. The van der Waals surface area contributed by atoms with Crippen molar-refractivity contribution >= 4 is 0 Å². The predicted molar refractivity (Wildman–Crippen MR) is 66.6 cm³/mol. The first-order chi connectivity index (χ1) is 8.16. The van der Waals surface area contributed by atoms with E-state index in [9.17, 15) is 4.39 Å². The summed E-state index contributed by atoms with van der Waals surface area (Å²) >= 11 is 0. The van der Waals surface area contributed by atoms with Gasteiger partial charge in [0.1, 0.15) is 5.83 Å². The molecule has 1 unspecified atom stereocenters. The molecule has 1 atom stereocenters. The van der Waals surface area contributed by atoms with Gasteiger partial charge in [-0.2, -0.15) is 0 Å². The lowest BCUT2D eigenvalue weighted by atomic mass is 9.85. The van der Waals surface area contributed by atoms with Crippen molar-refractivity contribution in [3.8, 4) is 0 Å². The summed E-state index contributed by atoms with van der Waals surface area (Å²) in [5.41, 5.74) is 2.33. The Morgan fingerprint density at radius 2 is 2.18 bits per heavy atom. The molecule has 17 heavy (non-hydrogen) atoms. The number of halogens is 1. The third-order valence-corrected chi connectivity index (χ3v) is 4.29. The summed E-state index contributed by atoms with van der Waals surface area (Å²) in [6, 6.07) is 0.231. The lowest BCUT2D eigenvalue weighted by molar-refractivity contribution is 0.0203. The van der Waals surface area contributed by atoms with Gasteiger partial charge in [0.25, 0.3) is 0 Å². The Kier molecular flexibility index (Phi) is 2.58. The van der Waals surface area contributed by atoms with Crippen LogP contribution in [-0.4, -0.2) is 29.7 Å². The quantitative estimate of drug-likeness (QED) is 0.724. The van der Waals surface area contributed by atoms with Crippen molar-refractivity contribution in [2.24, 2.45) is 5.92 Å². The first-order valence-electron chi connectivity index (χ1n) is 6.43. The predicted octanol–water partition coefficient (Wildman–Crippen LogP) is 3.01. The van der Waals surface area contributed by atoms with Crippen LogP contribution < -0.4 is 0 Å². The van der Waals surface area contributed by atoms with Crippen molar-refractivity contribution in [1.29, 1.82) is 0 Å². The van der Waals surface area contributed by atoms with Crippen LogP contribution >= 0.6 is 0 Å². The molecule has 0 N–H and O–H groups in total. The molecule has 1 fully saturated rings. The molecule has 0 aromatic heterocycles. The summed E-state index contributed by atoms with van der Waals surface area (Å²) < 4.78 is 13.3. The number of hydrogen-bond acceptors (Lipinski definition) is 2. The Bertz CT molecular complexity index is 418. The van der Waals surface area contributed by atoms with E-state index in [1.165, 1.54) is 25.0 Å². The molecule has 3 aliphatic rings. The molecular formula is C14H19FN2. The minimum Gasteiger partial charge on any atom is -0.309 e. The van der Waals surface area contributed by atoms with Gasteiger partial charge in [-0.15, -0.1) is 0 Å². The standard InChI is InChI=1S/C14H19FN2/c1-10-13-8-12(15)6-7-14(13)16(2)17(10)9-11-4-3-5-11/h6-8,11,14H,3-5,9H2,1-2H3. The van der Waals surface area contributed by atoms with Crippen LogP contribution in [0.1, 0.15) is 26.2 Å². The number of allylic oxidation sites excluding steroid dienone is 3. The third-order valence-electron chi connectivity index (χ3n) is 4.29. The average molecular weight is 234 g/mol. The largest absolute Gasteiger partial charge is 0.309 e. The first-order valence-corrected chi connectivity index (χ1v) is 6.43. The van der Waals surface area contributed by atoms with Crippen LogP contribution in [0.15, 0.2) is 35.3 Å². The van der Waals surface area contributed by atoms with E-state index in [2.05, 4.69) is 24.0 Å². The number of hydrogen-bond donors (Lipinski definition) is 0. The lowest BCUT2D eigenvalue weighted by Crippen LogP contribution is -2.42. The number of rotatable bonds is 2. The molecule has 0 amide bonds. The molecule has 0 bridgehead atoms. The van der Waals surface area contributed by atoms with Gasteiger partial charge in [0, 0.05) is 19.3 Å². The van der Waals surface area contributed by atoms with Crippen molar-refractivity contribution in [3.05, 3.63) is 35.3 Å². The molecule has 0 aromatic rings. The summed E-state index contributed by atoms with van der Waals surface area (Å²) in [4.78, 5) is 0. The lowest BCUT2D eigenvalue weighted by Gasteiger charge is -2.37. The van der Waals surface area contributed by atoms with E-state index >= 15 is 0 Å². The number of likely N-dealkylation sites (N-methyl/N-ethyl adjacent to an activating group) is 1. The van der Waals surface area contributed by atoms with E-state index < -0.39 is 0 Å². The van der Waals surface area contributed by atoms with Crippen LogP contribution in [0, 0.1) is 5.92 Å². The molecule has 3 rings (SSSR count). The van der Waals surface area contributed by atoms with Crippen molar-refractivity contribution < 1.29 is 4.39 Å². The van der Waals surface area contributed by atoms with Crippen LogP contribution in [0.4, 0.5) is 4.39 Å². The molecule has 1 aliphatic heterocycles. The molecule has 0 saturated heterocycles. The highest BCUT2D eigenvalue weighted by atomic mass is 19.1. The Morgan fingerprint density at radius 1 is 1.41 bits per heavy atom. The molecule has 2 nitrogen and oxygen atoms in total. The maximum absolute atomic E-state index is 13.3. The molecule has 3 heteroatoms. The molecule has 0 aromatic carbocycles. The molecule has 1 saturated carbocycles. The second-order valence-electron chi connectivity index (χ2n) is 5.33. The van der Waals surface area contributed by atoms with E-state index in [4.69, 9.17) is 0 Å². The normalized spacial score (nSPS) is 29.5. The summed E-state index contributed by atoms with van der Waals surface area (Å²) in [7, 11) is 2.10. The van der Waals surface area contributed by atoms with Gasteiger partial charge >= 0.3 is 0 Å². The van der Waals surface area contributed by atoms with Crippen LogP contribution in [0.5, 0.6) is 0 Å². The summed E-state index contributed by atoms with van der Waals surface area (Å²) in [5, 5.41) is 4.56. The molecule has 0 spiro atoms. The number of hydrazine groups is 1. The zero-order valence-corrected chi connectivity index (χ0v) is 10.5. The highest BCUT2D eigenvalue weighted by Crippen LogP contribution is 2.36. The second kappa shape index (κ2) is 3.98. The average Bonchev–Trinajstić information content (AvgIpc) is 2.47. The van der Waals surface area contributed by atoms with Gasteiger partial charge < -0.3 is 5.01 Å². The zero-order valence-electron chi connectivity index (χ0n) is 10.5. The first kappa shape index (κ1) is 11.0. The number of fused-ring (bicyclic) bond motifs is 1. The molecule has 1 heterocycles. The van der Waals surface area contributed by atoms with E-state index in [-0.39, 0.29) is 11.9 Å². The second-order valence-corrected chi connectivity index (χ2v) is 5.33. The zero-order chi connectivity index (χ0) is 12.0. The van der Waals surface area contributed by atoms with Gasteiger partial charge in [0.05, 0.1) is 6.04 Å². The Balaban J connectivity index is 1.84. The van der Waals surface area contributed by atoms with Gasteiger partial charge in [-0.3, -0.25) is 0 Å². The fourth-order valence-corrected chi connectivity index (χ4v) is 2.93. The van der Waals surface area contributed by atoms with E-state index in [1.54, 1.807) is 12.2 Å². The van der Waals surface area contributed by atoms with Crippen LogP contribution in [0.3, 0.4) is 0 Å². The summed E-state index contributed by atoms with van der Waals surface area (Å²) in [6.45, 7) is 3.19. The maximum atomic E-state index is 13.3. The summed E-state index contributed by atoms with van der Waals surface area (Å²) in [5.74, 6) is 0.695. The monoisotopic (exact) mass is 234 g/mol. The SMILES string of the molecule is CC1=C2C=C(F)C=CC2N(C)N1CC1CCC1. The Labute approximate surface area is 102 Å². The smallest absolute Gasteiger partial charge is 0.123 e. The van der Waals surface area contributed by atoms with Crippen LogP contribution in [0.25, 0.3) is 0 Å². The topological polar surface area (TPSA) is 6.48 Å². The minimum absolute atomic E-state index is 0.130. The minimum atomic E-state index is -0.130. The molecular weight excluding hydrogens is 215 g/mol. The summed E-state index contributed by atoms with van der Waals surface area (Å²) in [6.07, 6.45) is 9.27. The van der Waals surface area contributed by atoms with Crippen LogP contribution in [0.2, 0.25) is 0 Å². The van der Waals surface area contributed by atoms with Crippen molar-refractivity contribution in [2.75, 3.05) is 13.6 Å². The van der Waals surface area contributed by atoms with E-state index in [0.29, 0.717) is 0 Å². The van der Waals surface area contributed by atoms with Gasteiger partial charge in [0.15, 0.2) is 0 Å². The van der Waals surface area contributed by atoms with Gasteiger partial charge in [-0.1, -0.05) is 12.5 Å². The maximum Gasteiger partial charge on any atom is 0.123 e. The van der Waals surface area contributed by atoms with Gasteiger partial charge in [0.2, 0.25) is 0 Å². The highest BCUT2D eigenvalue weighted by molar-refractivity contribution is 5.43. The molecule has 0 radical (unpaired) electrons. The van der Waals surface area contributed by atoms with Crippen molar-refractivity contribution in [3.63, 3.8) is 0 Å².